The molecule has 0 aliphatic rings. The van der Waals surface area contributed by atoms with Crippen LogP contribution in [-0.4, -0.2) is 21.7 Å². The fourth-order valence-electron chi connectivity index (χ4n) is 1.49. The van der Waals surface area contributed by atoms with Gasteiger partial charge in [0.2, 0.25) is 5.95 Å². The van der Waals surface area contributed by atoms with Crippen molar-refractivity contribution in [2.45, 2.75) is 19.8 Å². The van der Waals surface area contributed by atoms with Gasteiger partial charge in [-0.15, -0.1) is 5.10 Å². The average molecular weight is 243 g/mol. The Hall–Kier alpha value is -2.17. The summed E-state index contributed by atoms with van der Waals surface area (Å²) in [4.78, 5) is 4.34. The maximum atomic E-state index is 4.34. The molecule has 0 spiro atoms. The van der Waals surface area contributed by atoms with Gasteiger partial charge in [0.15, 0.2) is 5.82 Å². The van der Waals surface area contributed by atoms with Gasteiger partial charge in [-0.2, -0.15) is 10.1 Å². The number of nitrogens with zero attached hydrogens (tertiary/aromatic N) is 3. The summed E-state index contributed by atoms with van der Waals surface area (Å²) in [5.74, 6) is 1.25. The molecule has 2 aromatic rings. The first-order chi connectivity index (χ1) is 8.88. The molecular weight excluding hydrogens is 226 g/mol. The quantitative estimate of drug-likeness (QED) is 0.764. The lowest BCUT2D eigenvalue weighted by Crippen LogP contribution is -2.06. The molecule has 0 radical (unpaired) electrons. The highest BCUT2D eigenvalue weighted by atomic mass is 15.3. The third-order valence-corrected chi connectivity index (χ3v) is 2.43. The Morgan fingerprint density at radius 3 is 2.78 bits per heavy atom. The Kier molecular flexibility index (Phi) is 4.46. The van der Waals surface area contributed by atoms with Crippen LogP contribution in [0, 0.1) is 0 Å². The van der Waals surface area contributed by atoms with E-state index in [1.807, 2.05) is 30.3 Å². The normalized spacial score (nSPS) is 10.1. The van der Waals surface area contributed by atoms with Gasteiger partial charge in [-0.05, 0) is 18.6 Å². The summed E-state index contributed by atoms with van der Waals surface area (Å²) >= 11 is 0. The third kappa shape index (κ3) is 3.69. The van der Waals surface area contributed by atoms with Crippen LogP contribution in [0.4, 0.5) is 17.5 Å². The van der Waals surface area contributed by atoms with Crippen molar-refractivity contribution >= 4 is 17.5 Å². The highest BCUT2D eigenvalue weighted by Crippen LogP contribution is 2.12. The molecule has 1 aromatic carbocycles. The zero-order chi connectivity index (χ0) is 12.6. The highest BCUT2D eigenvalue weighted by molar-refractivity contribution is 5.53. The number of nitrogens with one attached hydrogen (secondary N) is 2. The van der Waals surface area contributed by atoms with E-state index in [2.05, 4.69) is 32.7 Å². The van der Waals surface area contributed by atoms with Crippen LogP contribution in [0.3, 0.4) is 0 Å². The van der Waals surface area contributed by atoms with Crippen LogP contribution in [-0.2, 0) is 0 Å². The van der Waals surface area contributed by atoms with Crippen LogP contribution in [0.2, 0.25) is 0 Å². The minimum atomic E-state index is 0.502. The first kappa shape index (κ1) is 12.3. The van der Waals surface area contributed by atoms with Gasteiger partial charge < -0.3 is 10.6 Å². The van der Waals surface area contributed by atoms with Crippen LogP contribution in [0.15, 0.2) is 36.5 Å². The predicted octanol–water partition coefficient (Wildman–Crippen LogP) is 2.83. The van der Waals surface area contributed by atoms with Gasteiger partial charge in [0.25, 0.3) is 0 Å². The lowest BCUT2D eigenvalue weighted by atomic mass is 10.3. The Morgan fingerprint density at radius 1 is 1.17 bits per heavy atom. The molecule has 0 aliphatic heterocycles. The van der Waals surface area contributed by atoms with Crippen LogP contribution in [0.5, 0.6) is 0 Å². The second-order valence-electron chi connectivity index (χ2n) is 3.94. The fraction of sp³-hybridized carbons (Fsp3) is 0.308. The summed E-state index contributed by atoms with van der Waals surface area (Å²) in [5, 5.41) is 14.2. The molecule has 1 heterocycles. The molecule has 2 N–H and O–H groups in total. The van der Waals surface area contributed by atoms with E-state index in [0.29, 0.717) is 5.95 Å². The van der Waals surface area contributed by atoms with Crippen molar-refractivity contribution in [3.8, 4) is 0 Å². The first-order valence-corrected chi connectivity index (χ1v) is 6.14. The summed E-state index contributed by atoms with van der Waals surface area (Å²) < 4.78 is 0. The van der Waals surface area contributed by atoms with Crippen LogP contribution in [0.1, 0.15) is 19.8 Å². The minimum Gasteiger partial charge on any atom is -0.369 e. The van der Waals surface area contributed by atoms with E-state index in [1.54, 1.807) is 6.20 Å². The summed E-state index contributed by atoms with van der Waals surface area (Å²) in [6, 6.07) is 9.80. The van der Waals surface area contributed by atoms with E-state index in [9.17, 15) is 0 Å². The lowest BCUT2D eigenvalue weighted by Gasteiger charge is -2.06. The average Bonchev–Trinajstić information content (AvgIpc) is 2.41. The first-order valence-electron chi connectivity index (χ1n) is 6.14. The molecule has 1 aromatic heterocycles. The van der Waals surface area contributed by atoms with Gasteiger partial charge in [0.05, 0.1) is 6.20 Å². The number of benzene rings is 1. The second kappa shape index (κ2) is 6.54. The number of hydrogen-bond donors (Lipinski definition) is 2. The number of unbranched alkanes of at least 4 members (excludes halogenated alkanes) is 1. The van der Waals surface area contributed by atoms with E-state index in [-0.39, 0.29) is 0 Å². The van der Waals surface area contributed by atoms with Crippen LogP contribution >= 0.6 is 0 Å². The molecule has 0 amide bonds. The summed E-state index contributed by atoms with van der Waals surface area (Å²) in [5.41, 5.74) is 0.949. The number of hydrogen-bond acceptors (Lipinski definition) is 5. The Labute approximate surface area is 107 Å². The molecule has 18 heavy (non-hydrogen) atoms. The fourth-order valence-corrected chi connectivity index (χ4v) is 1.49. The minimum absolute atomic E-state index is 0.502. The Balaban J connectivity index is 1.99. The Bertz CT molecular complexity index is 472. The van der Waals surface area contributed by atoms with E-state index in [1.165, 1.54) is 0 Å². The zero-order valence-electron chi connectivity index (χ0n) is 10.4. The second-order valence-corrected chi connectivity index (χ2v) is 3.94. The topological polar surface area (TPSA) is 62.7 Å². The van der Waals surface area contributed by atoms with E-state index >= 15 is 0 Å². The molecule has 0 fully saturated rings. The summed E-state index contributed by atoms with van der Waals surface area (Å²) in [6.07, 6.45) is 3.90. The monoisotopic (exact) mass is 243 g/mol. The summed E-state index contributed by atoms with van der Waals surface area (Å²) in [6.45, 7) is 3.06. The van der Waals surface area contributed by atoms with Gasteiger partial charge in [-0.1, -0.05) is 31.5 Å². The molecule has 5 nitrogen and oxygen atoms in total. The maximum absolute atomic E-state index is 4.34. The molecule has 0 saturated carbocycles. The molecule has 0 atom stereocenters. The van der Waals surface area contributed by atoms with Crippen LogP contribution < -0.4 is 10.6 Å². The lowest BCUT2D eigenvalue weighted by molar-refractivity contribution is 0.827. The number of aromatic nitrogens is 3. The number of rotatable bonds is 6. The molecule has 0 aliphatic carbocycles. The van der Waals surface area contributed by atoms with Gasteiger partial charge in [0, 0.05) is 12.2 Å². The van der Waals surface area contributed by atoms with E-state index < -0.39 is 0 Å². The maximum Gasteiger partial charge on any atom is 0.249 e. The predicted molar refractivity (Wildman–Crippen MR) is 72.9 cm³/mol. The molecule has 2 rings (SSSR count). The number of anilines is 3. The molecule has 94 valence electrons. The molecule has 0 bridgehead atoms. The molecule has 0 saturated heterocycles. The highest BCUT2D eigenvalue weighted by Gasteiger charge is 2.00. The van der Waals surface area contributed by atoms with Crippen molar-refractivity contribution in [1.82, 2.24) is 15.2 Å². The van der Waals surface area contributed by atoms with E-state index in [0.717, 1.165) is 30.9 Å². The number of para-hydroxylation sites is 1. The van der Waals surface area contributed by atoms with Crippen molar-refractivity contribution in [2.75, 3.05) is 17.2 Å². The zero-order valence-corrected chi connectivity index (χ0v) is 10.4. The summed E-state index contributed by atoms with van der Waals surface area (Å²) in [7, 11) is 0. The van der Waals surface area contributed by atoms with Crippen molar-refractivity contribution < 1.29 is 0 Å². The smallest absolute Gasteiger partial charge is 0.249 e. The van der Waals surface area contributed by atoms with Gasteiger partial charge in [-0.3, -0.25) is 0 Å². The van der Waals surface area contributed by atoms with Crippen molar-refractivity contribution in [3.63, 3.8) is 0 Å². The molecule has 0 unspecified atom stereocenters. The third-order valence-electron chi connectivity index (χ3n) is 2.43. The Morgan fingerprint density at radius 2 is 2.00 bits per heavy atom. The van der Waals surface area contributed by atoms with E-state index in [4.69, 9.17) is 0 Å². The van der Waals surface area contributed by atoms with Gasteiger partial charge in [-0.25, -0.2) is 0 Å². The van der Waals surface area contributed by atoms with Crippen molar-refractivity contribution in [2.24, 2.45) is 0 Å². The standard InChI is InChI=1S/C13H17N5/c1-2-3-9-14-12-10-15-18-13(17-12)16-11-7-5-4-6-8-11/h4-8,10H,2-3,9H2,1H3,(H2,14,16,17,18). The molecular formula is C13H17N5. The van der Waals surface area contributed by atoms with Crippen molar-refractivity contribution in [3.05, 3.63) is 36.5 Å². The largest absolute Gasteiger partial charge is 0.369 e. The van der Waals surface area contributed by atoms with Gasteiger partial charge >= 0.3 is 0 Å². The van der Waals surface area contributed by atoms with Crippen molar-refractivity contribution in [1.29, 1.82) is 0 Å². The SMILES string of the molecule is CCCCNc1cnnc(Nc2ccccc2)n1. The molecule has 5 heteroatoms. The van der Waals surface area contributed by atoms with Crippen LogP contribution in [0.25, 0.3) is 0 Å². The van der Waals surface area contributed by atoms with Gasteiger partial charge in [0.1, 0.15) is 0 Å².